The van der Waals surface area contributed by atoms with Crippen molar-refractivity contribution in [1.29, 1.82) is 0 Å². The summed E-state index contributed by atoms with van der Waals surface area (Å²) in [7, 11) is 0. The highest BCUT2D eigenvalue weighted by atomic mass is 32.1. The molecule has 0 unspecified atom stereocenters. The molecule has 0 fully saturated rings. The molecule has 3 rings (SSSR count). The molecule has 0 amide bonds. The van der Waals surface area contributed by atoms with Crippen LogP contribution in [0.3, 0.4) is 0 Å². The van der Waals surface area contributed by atoms with Crippen LogP contribution in [0.25, 0.3) is 5.69 Å². The van der Waals surface area contributed by atoms with Crippen molar-refractivity contribution in [2.75, 3.05) is 18.0 Å². The number of aliphatic imine (C=N–C) groups is 1. The smallest absolute Gasteiger partial charge is 0.264 e. The second-order valence-corrected chi connectivity index (χ2v) is 6.64. The molecule has 0 atom stereocenters. The van der Waals surface area contributed by atoms with E-state index in [9.17, 15) is 14.3 Å². The van der Waals surface area contributed by atoms with Crippen LogP contribution >= 0.6 is 12.2 Å². The maximum Gasteiger partial charge on any atom is 0.264 e. The molecule has 0 radical (unpaired) electrons. The summed E-state index contributed by atoms with van der Waals surface area (Å²) >= 11 is 5.15. The lowest BCUT2D eigenvalue weighted by molar-refractivity contribution is 0.432. The molecular formula is C21H21FN4O2S. The van der Waals surface area contributed by atoms with Crippen LogP contribution < -0.4 is 10.5 Å². The van der Waals surface area contributed by atoms with Gasteiger partial charge in [0, 0.05) is 25.0 Å². The second-order valence-electron chi connectivity index (χ2n) is 6.26. The lowest BCUT2D eigenvalue weighted by Gasteiger charge is -2.20. The second kappa shape index (κ2) is 8.83. The van der Waals surface area contributed by atoms with E-state index in [-0.39, 0.29) is 16.2 Å². The molecule has 6 nitrogen and oxygen atoms in total. The van der Waals surface area contributed by atoms with E-state index in [0.717, 1.165) is 18.8 Å². The van der Waals surface area contributed by atoms with Gasteiger partial charge in [0.1, 0.15) is 11.4 Å². The van der Waals surface area contributed by atoms with Gasteiger partial charge in [0.15, 0.2) is 4.77 Å². The Kier molecular flexibility index (Phi) is 6.23. The van der Waals surface area contributed by atoms with Gasteiger partial charge in [-0.1, -0.05) is 0 Å². The molecule has 29 heavy (non-hydrogen) atoms. The molecule has 0 bridgehead atoms. The number of aromatic nitrogens is 2. The predicted octanol–water partition coefficient (Wildman–Crippen LogP) is 4.34. The van der Waals surface area contributed by atoms with Crippen LogP contribution in [0.2, 0.25) is 0 Å². The molecule has 1 heterocycles. The number of nitrogens with zero attached hydrogens (tertiary/aromatic N) is 3. The first-order chi connectivity index (χ1) is 13.9. The number of H-pyrrole nitrogens is 1. The number of hydrogen-bond acceptors (Lipinski definition) is 5. The van der Waals surface area contributed by atoms with Crippen molar-refractivity contribution in [3.8, 4) is 11.6 Å². The number of aromatic amines is 1. The van der Waals surface area contributed by atoms with Gasteiger partial charge in [-0.3, -0.25) is 19.3 Å². The van der Waals surface area contributed by atoms with E-state index in [1.165, 1.54) is 35.0 Å². The molecule has 0 aliphatic rings. The third-order valence-electron chi connectivity index (χ3n) is 4.53. The zero-order valence-corrected chi connectivity index (χ0v) is 16.9. The first-order valence-corrected chi connectivity index (χ1v) is 9.58. The van der Waals surface area contributed by atoms with Crippen LogP contribution in [0.15, 0.2) is 58.3 Å². The van der Waals surface area contributed by atoms with Gasteiger partial charge in [0.25, 0.3) is 5.56 Å². The minimum Gasteiger partial charge on any atom is -0.494 e. The largest absolute Gasteiger partial charge is 0.494 e. The number of anilines is 1. The highest BCUT2D eigenvalue weighted by Crippen LogP contribution is 2.22. The molecule has 0 saturated carbocycles. The van der Waals surface area contributed by atoms with Crippen molar-refractivity contribution in [2.45, 2.75) is 13.8 Å². The summed E-state index contributed by atoms with van der Waals surface area (Å²) in [4.78, 5) is 21.3. The van der Waals surface area contributed by atoms with Crippen LogP contribution in [0.5, 0.6) is 5.88 Å². The highest BCUT2D eigenvalue weighted by molar-refractivity contribution is 7.71. The summed E-state index contributed by atoms with van der Waals surface area (Å²) in [6.45, 7) is 5.98. The molecule has 0 spiro atoms. The molecule has 0 saturated heterocycles. The van der Waals surface area contributed by atoms with E-state index in [4.69, 9.17) is 12.2 Å². The fraction of sp³-hybridized carbons (Fsp3) is 0.190. The molecule has 2 N–H and O–H groups in total. The Balaban J connectivity index is 1.97. The van der Waals surface area contributed by atoms with Crippen molar-refractivity contribution < 1.29 is 9.50 Å². The number of halogens is 1. The average molecular weight is 412 g/mol. The van der Waals surface area contributed by atoms with Crippen LogP contribution in [0.4, 0.5) is 15.8 Å². The number of rotatable bonds is 6. The number of aromatic hydroxyl groups is 1. The van der Waals surface area contributed by atoms with Gasteiger partial charge in [-0.2, -0.15) is 0 Å². The standard InChI is InChI=1S/C21H21FN4O2S/c1-3-25(4-2)16-11-7-15(8-12-16)23-13-18-19(27)24-21(29)26(20(18)28)17-9-5-14(22)6-10-17/h5-13,28H,3-4H2,1-2H3,(H,24,27,29). The first-order valence-electron chi connectivity index (χ1n) is 9.18. The molecule has 1 aromatic heterocycles. The molecular weight excluding hydrogens is 391 g/mol. The van der Waals surface area contributed by atoms with Crippen molar-refractivity contribution in [1.82, 2.24) is 9.55 Å². The van der Waals surface area contributed by atoms with Crippen molar-refractivity contribution in [3.63, 3.8) is 0 Å². The highest BCUT2D eigenvalue weighted by Gasteiger charge is 2.12. The van der Waals surface area contributed by atoms with E-state index in [0.29, 0.717) is 11.4 Å². The summed E-state index contributed by atoms with van der Waals surface area (Å²) in [6.07, 6.45) is 1.29. The summed E-state index contributed by atoms with van der Waals surface area (Å²) in [6, 6.07) is 13.0. The Morgan fingerprint density at radius 2 is 1.76 bits per heavy atom. The van der Waals surface area contributed by atoms with Gasteiger partial charge in [0.2, 0.25) is 5.88 Å². The SMILES string of the molecule is CCN(CC)c1ccc(N=Cc2c(O)n(-c3ccc(F)cc3)c(=S)[nH]c2=O)cc1. The predicted molar refractivity (Wildman–Crippen MR) is 116 cm³/mol. The van der Waals surface area contributed by atoms with Crippen LogP contribution in [-0.2, 0) is 0 Å². The molecule has 8 heteroatoms. The topological polar surface area (TPSA) is 73.6 Å². The van der Waals surface area contributed by atoms with Gasteiger partial charge in [-0.25, -0.2) is 4.39 Å². The molecule has 3 aromatic rings. The first kappa shape index (κ1) is 20.5. The number of nitrogens with one attached hydrogen (secondary N) is 1. The zero-order chi connectivity index (χ0) is 21.0. The molecule has 0 aliphatic heterocycles. The van der Waals surface area contributed by atoms with E-state index in [1.807, 2.05) is 24.3 Å². The summed E-state index contributed by atoms with van der Waals surface area (Å²) in [5.74, 6) is -0.784. The normalized spacial score (nSPS) is 11.1. The Morgan fingerprint density at radius 1 is 1.14 bits per heavy atom. The summed E-state index contributed by atoms with van der Waals surface area (Å²) in [5, 5.41) is 10.6. The third kappa shape index (κ3) is 4.43. The van der Waals surface area contributed by atoms with Gasteiger partial charge in [-0.05, 0) is 74.6 Å². The van der Waals surface area contributed by atoms with Crippen LogP contribution in [0, 0.1) is 10.6 Å². The monoisotopic (exact) mass is 412 g/mol. The van der Waals surface area contributed by atoms with E-state index in [2.05, 4.69) is 28.7 Å². The van der Waals surface area contributed by atoms with Gasteiger partial charge < -0.3 is 10.0 Å². The zero-order valence-electron chi connectivity index (χ0n) is 16.1. The third-order valence-corrected chi connectivity index (χ3v) is 4.81. The van der Waals surface area contributed by atoms with Crippen LogP contribution in [-0.4, -0.2) is 34.0 Å². The lowest BCUT2D eigenvalue weighted by Crippen LogP contribution is -2.21. The van der Waals surface area contributed by atoms with Crippen molar-refractivity contribution >= 4 is 29.8 Å². The van der Waals surface area contributed by atoms with E-state index >= 15 is 0 Å². The summed E-state index contributed by atoms with van der Waals surface area (Å²) in [5.41, 5.74) is 1.53. The van der Waals surface area contributed by atoms with Crippen molar-refractivity contribution in [3.05, 3.63) is 75.0 Å². The minimum atomic E-state index is -0.561. The van der Waals surface area contributed by atoms with Crippen LogP contribution in [0.1, 0.15) is 19.4 Å². The fourth-order valence-corrected chi connectivity index (χ4v) is 3.25. The fourth-order valence-electron chi connectivity index (χ4n) is 2.96. The maximum atomic E-state index is 13.2. The molecule has 2 aromatic carbocycles. The minimum absolute atomic E-state index is 0.000154. The van der Waals surface area contributed by atoms with Gasteiger partial charge in [0.05, 0.1) is 11.4 Å². The quantitative estimate of drug-likeness (QED) is 0.467. The van der Waals surface area contributed by atoms with E-state index in [1.54, 1.807) is 0 Å². The molecule has 0 aliphatic carbocycles. The Labute approximate surface area is 172 Å². The van der Waals surface area contributed by atoms with Crippen molar-refractivity contribution in [2.24, 2.45) is 4.99 Å². The number of hydrogen-bond donors (Lipinski definition) is 2. The average Bonchev–Trinajstić information content (AvgIpc) is 2.71. The number of benzene rings is 2. The van der Waals surface area contributed by atoms with Gasteiger partial charge in [-0.15, -0.1) is 0 Å². The maximum absolute atomic E-state index is 13.2. The van der Waals surface area contributed by atoms with Gasteiger partial charge >= 0.3 is 0 Å². The lowest BCUT2D eigenvalue weighted by atomic mass is 10.2. The molecule has 150 valence electrons. The van der Waals surface area contributed by atoms with E-state index < -0.39 is 11.4 Å². The summed E-state index contributed by atoms with van der Waals surface area (Å²) < 4.78 is 14.5. The Hall–Kier alpha value is -3.26. The Bertz CT molecular complexity index is 1130. The Morgan fingerprint density at radius 3 is 2.34 bits per heavy atom.